The molecule has 23 heavy (non-hydrogen) atoms. The van der Waals surface area contributed by atoms with E-state index in [2.05, 4.69) is 19.2 Å². The Morgan fingerprint density at radius 2 is 1.70 bits per heavy atom. The zero-order valence-electron chi connectivity index (χ0n) is 13.7. The summed E-state index contributed by atoms with van der Waals surface area (Å²) in [4.78, 5) is 12.3. The van der Waals surface area contributed by atoms with Crippen molar-refractivity contribution in [1.29, 1.82) is 0 Å². The molecule has 0 unspecified atom stereocenters. The minimum Gasteiger partial charge on any atom is -0.497 e. The summed E-state index contributed by atoms with van der Waals surface area (Å²) in [5, 5.41) is 3.79. The van der Waals surface area contributed by atoms with Gasteiger partial charge in [-0.3, -0.25) is 4.79 Å². The molecular formula is C19H22ClNO2. The molecule has 0 spiro atoms. The van der Waals surface area contributed by atoms with Crippen LogP contribution in [0.2, 0.25) is 5.02 Å². The predicted octanol–water partition coefficient (Wildman–Crippen LogP) is 4.40. The summed E-state index contributed by atoms with van der Waals surface area (Å²) >= 11 is 5.87. The molecule has 122 valence electrons. The largest absolute Gasteiger partial charge is 0.497 e. The summed E-state index contributed by atoms with van der Waals surface area (Å²) < 4.78 is 5.18. The molecule has 0 aliphatic carbocycles. The maximum Gasteiger partial charge on any atom is 0.224 e. The fraction of sp³-hybridized carbons (Fsp3) is 0.316. The lowest BCUT2D eigenvalue weighted by atomic mass is 9.95. The molecule has 0 aromatic heterocycles. The second-order valence-electron chi connectivity index (χ2n) is 5.87. The van der Waals surface area contributed by atoms with Gasteiger partial charge in [0.25, 0.3) is 0 Å². The van der Waals surface area contributed by atoms with Crippen LogP contribution in [-0.2, 0) is 11.2 Å². The van der Waals surface area contributed by atoms with Crippen molar-refractivity contribution in [3.8, 4) is 5.75 Å². The highest BCUT2D eigenvalue weighted by Crippen LogP contribution is 2.24. The summed E-state index contributed by atoms with van der Waals surface area (Å²) in [6.45, 7) is 4.19. The normalized spacial score (nSPS) is 12.0. The molecule has 0 aliphatic rings. The third-order valence-corrected chi connectivity index (χ3v) is 3.99. The molecule has 0 saturated carbocycles. The molecule has 4 heteroatoms. The molecule has 1 atom stereocenters. The van der Waals surface area contributed by atoms with Crippen LogP contribution in [0.3, 0.4) is 0 Å². The van der Waals surface area contributed by atoms with Gasteiger partial charge < -0.3 is 10.1 Å². The smallest absolute Gasteiger partial charge is 0.224 e. The van der Waals surface area contributed by atoms with Gasteiger partial charge in [0, 0.05) is 5.02 Å². The highest BCUT2D eigenvalue weighted by atomic mass is 35.5. The molecule has 0 aliphatic heterocycles. The zero-order chi connectivity index (χ0) is 16.8. The Hall–Kier alpha value is -2.00. The van der Waals surface area contributed by atoms with Gasteiger partial charge in [-0.05, 0) is 41.3 Å². The molecule has 0 radical (unpaired) electrons. The summed E-state index contributed by atoms with van der Waals surface area (Å²) in [6, 6.07) is 15.1. The van der Waals surface area contributed by atoms with Gasteiger partial charge in [0.15, 0.2) is 0 Å². The number of ether oxygens (including phenoxy) is 1. The average molecular weight is 332 g/mol. The van der Waals surface area contributed by atoms with E-state index in [0.29, 0.717) is 11.4 Å². The molecule has 2 aromatic carbocycles. The number of methoxy groups -OCH3 is 1. The fourth-order valence-electron chi connectivity index (χ4n) is 2.46. The number of hydrogen-bond donors (Lipinski definition) is 1. The molecule has 2 aromatic rings. The van der Waals surface area contributed by atoms with E-state index < -0.39 is 0 Å². The van der Waals surface area contributed by atoms with Gasteiger partial charge in [-0.15, -0.1) is 0 Å². The topological polar surface area (TPSA) is 38.3 Å². The Kier molecular flexibility index (Phi) is 6.05. The first-order valence-corrected chi connectivity index (χ1v) is 8.05. The molecule has 2 rings (SSSR count). The summed E-state index contributed by atoms with van der Waals surface area (Å²) in [7, 11) is 1.64. The van der Waals surface area contributed by atoms with Crippen molar-refractivity contribution in [1.82, 2.24) is 5.32 Å². The van der Waals surface area contributed by atoms with Crippen molar-refractivity contribution in [2.75, 3.05) is 7.11 Å². The van der Waals surface area contributed by atoms with E-state index in [1.165, 1.54) is 0 Å². The van der Waals surface area contributed by atoms with E-state index in [4.69, 9.17) is 16.3 Å². The van der Waals surface area contributed by atoms with Crippen LogP contribution in [0.4, 0.5) is 0 Å². The lowest BCUT2D eigenvalue weighted by molar-refractivity contribution is -0.121. The van der Waals surface area contributed by atoms with Gasteiger partial charge in [0.05, 0.1) is 19.6 Å². The number of amides is 1. The first-order chi connectivity index (χ1) is 11.0. The van der Waals surface area contributed by atoms with E-state index >= 15 is 0 Å². The van der Waals surface area contributed by atoms with Crippen molar-refractivity contribution >= 4 is 17.5 Å². The zero-order valence-corrected chi connectivity index (χ0v) is 14.4. The number of carbonyl (C=O) groups is 1. The van der Waals surface area contributed by atoms with Crippen molar-refractivity contribution < 1.29 is 9.53 Å². The second-order valence-corrected chi connectivity index (χ2v) is 6.30. The Morgan fingerprint density at radius 3 is 2.22 bits per heavy atom. The number of carbonyl (C=O) groups excluding carboxylic acids is 1. The number of nitrogens with one attached hydrogen (secondary N) is 1. The molecule has 1 N–H and O–H groups in total. The maximum atomic E-state index is 12.3. The number of benzene rings is 2. The molecule has 0 fully saturated rings. The van der Waals surface area contributed by atoms with E-state index in [9.17, 15) is 4.79 Å². The third kappa shape index (κ3) is 5.00. The highest BCUT2D eigenvalue weighted by molar-refractivity contribution is 6.30. The second kappa shape index (κ2) is 8.02. The molecule has 0 bridgehead atoms. The predicted molar refractivity (Wildman–Crippen MR) is 93.9 cm³/mol. The summed E-state index contributed by atoms with van der Waals surface area (Å²) in [5.41, 5.74) is 2.02. The molecule has 3 nitrogen and oxygen atoms in total. The SMILES string of the molecule is COc1ccc([C@@H](NC(=O)Cc2ccc(Cl)cc2)C(C)C)cc1. The van der Waals surface area contributed by atoms with Crippen molar-refractivity contribution in [2.45, 2.75) is 26.3 Å². The van der Waals surface area contributed by atoms with Crippen LogP contribution in [0, 0.1) is 5.92 Å². The van der Waals surface area contributed by atoms with Gasteiger partial charge in [0.1, 0.15) is 5.75 Å². The van der Waals surface area contributed by atoms with Gasteiger partial charge in [0.2, 0.25) is 5.91 Å². The minimum absolute atomic E-state index is 0.00170. The third-order valence-electron chi connectivity index (χ3n) is 3.74. The fourth-order valence-corrected chi connectivity index (χ4v) is 2.58. The Balaban J connectivity index is 2.06. The maximum absolute atomic E-state index is 12.3. The number of rotatable bonds is 6. The average Bonchev–Trinajstić information content (AvgIpc) is 2.55. The highest BCUT2D eigenvalue weighted by Gasteiger charge is 2.18. The lowest BCUT2D eigenvalue weighted by Gasteiger charge is -2.23. The van der Waals surface area contributed by atoms with Crippen LogP contribution in [0.25, 0.3) is 0 Å². The Bertz CT molecular complexity index is 635. The van der Waals surface area contributed by atoms with Crippen LogP contribution in [0.5, 0.6) is 5.75 Å². The molecule has 0 saturated heterocycles. The van der Waals surface area contributed by atoms with E-state index in [-0.39, 0.29) is 17.9 Å². The van der Waals surface area contributed by atoms with Crippen LogP contribution < -0.4 is 10.1 Å². The van der Waals surface area contributed by atoms with Crippen molar-refractivity contribution in [3.05, 3.63) is 64.7 Å². The summed E-state index contributed by atoms with van der Waals surface area (Å²) in [6.07, 6.45) is 0.344. The lowest BCUT2D eigenvalue weighted by Crippen LogP contribution is -2.32. The van der Waals surface area contributed by atoms with Gasteiger partial charge >= 0.3 is 0 Å². The van der Waals surface area contributed by atoms with E-state index in [1.54, 1.807) is 19.2 Å². The standard InChI is InChI=1S/C19H22ClNO2/c1-13(2)19(15-6-10-17(23-3)11-7-15)21-18(22)12-14-4-8-16(20)9-5-14/h4-11,13,19H,12H2,1-3H3,(H,21,22)/t19-/m0/s1. The van der Waals surface area contributed by atoms with Gasteiger partial charge in [-0.1, -0.05) is 49.7 Å². The Labute approximate surface area is 142 Å². The van der Waals surface area contributed by atoms with Crippen LogP contribution in [0.1, 0.15) is 31.0 Å². The number of hydrogen-bond acceptors (Lipinski definition) is 2. The molecular weight excluding hydrogens is 310 g/mol. The Morgan fingerprint density at radius 1 is 1.09 bits per heavy atom. The van der Waals surface area contributed by atoms with E-state index in [1.807, 2.05) is 36.4 Å². The number of halogens is 1. The van der Waals surface area contributed by atoms with Crippen LogP contribution >= 0.6 is 11.6 Å². The van der Waals surface area contributed by atoms with E-state index in [0.717, 1.165) is 16.9 Å². The van der Waals surface area contributed by atoms with Crippen molar-refractivity contribution in [2.24, 2.45) is 5.92 Å². The first-order valence-electron chi connectivity index (χ1n) is 7.67. The molecule has 1 amide bonds. The quantitative estimate of drug-likeness (QED) is 0.851. The van der Waals surface area contributed by atoms with Crippen LogP contribution in [-0.4, -0.2) is 13.0 Å². The van der Waals surface area contributed by atoms with Crippen molar-refractivity contribution in [3.63, 3.8) is 0 Å². The summed E-state index contributed by atoms with van der Waals surface area (Å²) in [5.74, 6) is 1.10. The van der Waals surface area contributed by atoms with Gasteiger partial charge in [-0.2, -0.15) is 0 Å². The monoisotopic (exact) mass is 331 g/mol. The first kappa shape index (κ1) is 17.4. The molecule has 0 heterocycles. The van der Waals surface area contributed by atoms with Gasteiger partial charge in [-0.25, -0.2) is 0 Å². The minimum atomic E-state index is -0.0271. The van der Waals surface area contributed by atoms with Crippen LogP contribution in [0.15, 0.2) is 48.5 Å².